The van der Waals surface area contributed by atoms with E-state index in [-0.39, 0.29) is 0 Å². The van der Waals surface area contributed by atoms with Crippen LogP contribution in [0.15, 0.2) is 58.8 Å². The average molecular weight is 459 g/mol. The van der Waals surface area contributed by atoms with E-state index in [0.717, 1.165) is 12.1 Å². The summed E-state index contributed by atoms with van der Waals surface area (Å²) in [6.07, 6.45) is 0.812. The molecule has 0 aliphatic carbocycles. The molecule has 1 saturated heterocycles. The number of azo groups is 1. The normalized spacial score (nSPS) is 25.4. The summed E-state index contributed by atoms with van der Waals surface area (Å²) < 4.78 is 10.9. The molecule has 3 rings (SSSR count). The predicted octanol–water partition coefficient (Wildman–Crippen LogP) is 3.79. The summed E-state index contributed by atoms with van der Waals surface area (Å²) in [6.45, 7) is 1.71. The third-order valence-electron chi connectivity index (χ3n) is 5.72. The van der Waals surface area contributed by atoms with Gasteiger partial charge >= 0.3 is 0 Å². The van der Waals surface area contributed by atoms with Crippen molar-refractivity contribution in [3.8, 4) is 5.75 Å². The van der Waals surface area contributed by atoms with Crippen LogP contribution in [0.5, 0.6) is 5.75 Å². The molecule has 4 N–H and O–H groups in total. The van der Waals surface area contributed by atoms with Crippen LogP contribution in [0.3, 0.4) is 0 Å². The van der Waals surface area contributed by atoms with Crippen molar-refractivity contribution in [2.45, 2.75) is 76.2 Å². The number of hydrogen-bond acceptors (Lipinski definition) is 8. The van der Waals surface area contributed by atoms with Crippen LogP contribution in [0.1, 0.15) is 44.6 Å². The summed E-state index contributed by atoms with van der Waals surface area (Å²) in [5.41, 5.74) is 2.70. The van der Waals surface area contributed by atoms with Gasteiger partial charge in [-0.3, -0.25) is 0 Å². The zero-order valence-corrected chi connectivity index (χ0v) is 19.0. The van der Waals surface area contributed by atoms with Crippen molar-refractivity contribution in [1.29, 1.82) is 0 Å². The van der Waals surface area contributed by atoms with Gasteiger partial charge < -0.3 is 29.9 Å². The van der Waals surface area contributed by atoms with Gasteiger partial charge in [0, 0.05) is 0 Å². The fraction of sp³-hybridized carbons (Fsp3) is 0.520. The number of rotatable bonds is 11. The monoisotopic (exact) mass is 458 g/mol. The topological polar surface area (TPSA) is 124 Å². The van der Waals surface area contributed by atoms with Gasteiger partial charge in [-0.1, -0.05) is 44.7 Å². The van der Waals surface area contributed by atoms with E-state index < -0.39 is 37.3 Å². The molecule has 0 saturated carbocycles. The third kappa shape index (κ3) is 7.31. The Morgan fingerprint density at radius 2 is 1.39 bits per heavy atom. The molecule has 2 aromatic carbocycles. The first-order chi connectivity index (χ1) is 16.0. The molecule has 5 atom stereocenters. The number of aliphatic hydroxyl groups is 4. The Morgan fingerprint density at radius 1 is 0.788 bits per heavy atom. The minimum atomic E-state index is -1.48. The van der Waals surface area contributed by atoms with Crippen LogP contribution in [-0.2, 0) is 11.2 Å². The summed E-state index contributed by atoms with van der Waals surface area (Å²) in [4.78, 5) is 0. The van der Waals surface area contributed by atoms with Crippen molar-refractivity contribution in [3.05, 3.63) is 54.1 Å². The fourth-order valence-electron chi connectivity index (χ4n) is 3.67. The average Bonchev–Trinajstić information content (AvgIpc) is 2.84. The van der Waals surface area contributed by atoms with E-state index in [0.29, 0.717) is 11.4 Å². The van der Waals surface area contributed by atoms with Crippen molar-refractivity contribution < 1.29 is 29.9 Å². The van der Waals surface area contributed by atoms with Crippen LogP contribution in [0, 0.1) is 0 Å². The highest BCUT2D eigenvalue weighted by molar-refractivity contribution is 5.43. The lowest BCUT2D eigenvalue weighted by atomic mass is 9.99. The van der Waals surface area contributed by atoms with Crippen molar-refractivity contribution in [1.82, 2.24) is 0 Å². The van der Waals surface area contributed by atoms with E-state index in [4.69, 9.17) is 9.47 Å². The summed E-state index contributed by atoms with van der Waals surface area (Å²) in [5, 5.41) is 47.5. The second-order valence-electron chi connectivity index (χ2n) is 8.34. The van der Waals surface area contributed by atoms with E-state index >= 15 is 0 Å². The highest BCUT2D eigenvalue weighted by Crippen LogP contribution is 2.26. The maximum Gasteiger partial charge on any atom is 0.229 e. The first-order valence-electron chi connectivity index (χ1n) is 11.6. The van der Waals surface area contributed by atoms with Gasteiger partial charge in [-0.05, 0) is 54.8 Å². The van der Waals surface area contributed by atoms with Crippen LogP contribution in [0.2, 0.25) is 0 Å². The second kappa shape index (κ2) is 12.8. The number of hydrogen-bond donors (Lipinski definition) is 4. The van der Waals surface area contributed by atoms with E-state index in [2.05, 4.69) is 29.3 Å². The molecular weight excluding hydrogens is 424 g/mol. The number of unbranched alkanes of at least 4 members (excludes halogenated alkanes) is 4. The van der Waals surface area contributed by atoms with E-state index in [1.807, 2.05) is 12.1 Å². The van der Waals surface area contributed by atoms with E-state index in [9.17, 15) is 20.4 Å². The minimum absolute atomic E-state index is 0.376. The van der Waals surface area contributed by atoms with Gasteiger partial charge in [-0.2, -0.15) is 10.2 Å². The largest absolute Gasteiger partial charge is 0.462 e. The molecule has 0 unspecified atom stereocenters. The maximum atomic E-state index is 10.1. The second-order valence-corrected chi connectivity index (χ2v) is 8.34. The zero-order valence-electron chi connectivity index (χ0n) is 19.0. The minimum Gasteiger partial charge on any atom is -0.462 e. The summed E-state index contributed by atoms with van der Waals surface area (Å²) >= 11 is 0. The first kappa shape index (κ1) is 25.3. The number of ether oxygens (including phenoxy) is 2. The highest BCUT2D eigenvalue weighted by atomic mass is 16.7. The van der Waals surface area contributed by atoms with E-state index in [1.54, 1.807) is 24.3 Å². The van der Waals surface area contributed by atoms with Crippen molar-refractivity contribution in [2.24, 2.45) is 10.2 Å². The lowest BCUT2D eigenvalue weighted by Gasteiger charge is -2.39. The molecule has 0 amide bonds. The van der Waals surface area contributed by atoms with Gasteiger partial charge in [-0.25, -0.2) is 0 Å². The quantitative estimate of drug-likeness (QED) is 0.300. The Bertz CT molecular complexity index is 856. The van der Waals surface area contributed by atoms with Crippen molar-refractivity contribution in [2.75, 3.05) is 6.61 Å². The molecular formula is C25H34N2O6. The molecule has 1 fully saturated rings. The summed E-state index contributed by atoms with van der Waals surface area (Å²) in [5.74, 6) is 0.376. The molecule has 1 aliphatic heterocycles. The zero-order chi connectivity index (χ0) is 23.6. The molecule has 0 radical (unpaired) electrons. The Kier molecular flexibility index (Phi) is 9.77. The SMILES string of the molecule is CCCCCCCc1ccc(N=Nc2ccc(O[C@H]3O[C@H](CO)[C@H](O)[C@H](O)[C@H]3O)cc2)cc1. The van der Waals surface area contributed by atoms with Crippen LogP contribution < -0.4 is 4.74 Å². The van der Waals surface area contributed by atoms with Crippen LogP contribution in [0.4, 0.5) is 11.4 Å². The molecule has 0 bridgehead atoms. The van der Waals surface area contributed by atoms with Crippen LogP contribution >= 0.6 is 0 Å². The fourth-order valence-corrected chi connectivity index (χ4v) is 3.67. The van der Waals surface area contributed by atoms with Gasteiger partial charge in [0.15, 0.2) is 0 Å². The number of nitrogens with zero attached hydrogens (tertiary/aromatic N) is 2. The van der Waals surface area contributed by atoms with Gasteiger partial charge in [0.1, 0.15) is 30.2 Å². The van der Waals surface area contributed by atoms with Gasteiger partial charge in [-0.15, -0.1) is 0 Å². The molecule has 180 valence electrons. The molecule has 8 heteroatoms. The molecule has 8 nitrogen and oxygen atoms in total. The molecule has 33 heavy (non-hydrogen) atoms. The molecule has 0 spiro atoms. The van der Waals surface area contributed by atoms with E-state index in [1.165, 1.54) is 37.7 Å². The maximum absolute atomic E-state index is 10.1. The van der Waals surface area contributed by atoms with Crippen LogP contribution in [0.25, 0.3) is 0 Å². The molecule has 1 aliphatic rings. The molecule has 2 aromatic rings. The lowest BCUT2D eigenvalue weighted by molar-refractivity contribution is -0.277. The Hall–Kier alpha value is -2.36. The Morgan fingerprint density at radius 3 is 2.00 bits per heavy atom. The number of benzene rings is 2. The first-order valence-corrected chi connectivity index (χ1v) is 11.6. The third-order valence-corrected chi connectivity index (χ3v) is 5.72. The summed E-state index contributed by atoms with van der Waals surface area (Å²) in [7, 11) is 0. The summed E-state index contributed by atoms with van der Waals surface area (Å²) in [6, 6.07) is 14.8. The van der Waals surface area contributed by atoms with Gasteiger partial charge in [0.25, 0.3) is 0 Å². The number of aliphatic hydroxyl groups excluding tert-OH is 4. The molecule has 1 heterocycles. The van der Waals surface area contributed by atoms with Gasteiger partial charge in [0.05, 0.1) is 18.0 Å². The van der Waals surface area contributed by atoms with Crippen molar-refractivity contribution >= 4 is 11.4 Å². The number of aryl methyl sites for hydroxylation is 1. The predicted molar refractivity (Wildman–Crippen MR) is 124 cm³/mol. The highest BCUT2D eigenvalue weighted by Gasteiger charge is 2.44. The van der Waals surface area contributed by atoms with Crippen molar-refractivity contribution in [3.63, 3.8) is 0 Å². The standard InChI is InChI=1S/C25H34N2O6/c1-2-3-4-5-6-7-17-8-10-18(11-9-17)26-27-19-12-14-20(15-13-19)32-25-24(31)23(30)22(29)21(16-28)33-25/h8-15,21-25,28-31H,2-7,16H2,1H3/t21-,22+,23+,24-,25+/m1/s1. The Balaban J connectivity index is 1.51. The molecule has 0 aromatic heterocycles. The smallest absolute Gasteiger partial charge is 0.229 e. The Labute approximate surface area is 194 Å². The van der Waals surface area contributed by atoms with Crippen LogP contribution in [-0.4, -0.2) is 57.7 Å². The van der Waals surface area contributed by atoms with Gasteiger partial charge in [0.2, 0.25) is 6.29 Å². The lowest BCUT2D eigenvalue weighted by Crippen LogP contribution is -2.60.